The summed E-state index contributed by atoms with van der Waals surface area (Å²) in [4.78, 5) is 24.0. The first-order valence-corrected chi connectivity index (χ1v) is 10.8. The number of halogens is 1. The Bertz CT molecular complexity index is 1240. The van der Waals surface area contributed by atoms with E-state index in [-0.39, 0.29) is 21.3 Å². The van der Waals surface area contributed by atoms with Gasteiger partial charge >= 0.3 is 0 Å². The van der Waals surface area contributed by atoms with Gasteiger partial charge in [-0.25, -0.2) is 8.42 Å². The highest BCUT2D eigenvalue weighted by molar-refractivity contribution is 7.92. The average molecular weight is 443 g/mol. The van der Waals surface area contributed by atoms with E-state index in [0.717, 1.165) is 5.56 Å². The number of aryl methyl sites for hydroxylation is 1. The van der Waals surface area contributed by atoms with Crippen LogP contribution in [0.15, 0.2) is 71.6 Å². The topological polar surface area (TPSA) is 92.3 Å². The number of ketones is 1. The molecule has 0 bridgehead atoms. The van der Waals surface area contributed by atoms with Crippen LogP contribution >= 0.6 is 11.6 Å². The number of benzene rings is 3. The second-order valence-electron chi connectivity index (χ2n) is 6.66. The minimum absolute atomic E-state index is 0.00814. The fraction of sp³-hybridized carbons (Fsp3) is 0.0909. The number of amides is 1. The molecule has 30 heavy (non-hydrogen) atoms. The Balaban J connectivity index is 1.89. The van der Waals surface area contributed by atoms with Crippen LogP contribution in [0.4, 0.5) is 11.4 Å². The third kappa shape index (κ3) is 4.87. The van der Waals surface area contributed by atoms with Gasteiger partial charge in [-0.2, -0.15) is 0 Å². The van der Waals surface area contributed by atoms with Crippen LogP contribution in [0.2, 0.25) is 5.02 Å². The summed E-state index contributed by atoms with van der Waals surface area (Å²) in [6.07, 6.45) is 0. The monoisotopic (exact) mass is 442 g/mol. The molecule has 3 rings (SSSR count). The summed E-state index contributed by atoms with van der Waals surface area (Å²) in [6, 6.07) is 17.4. The maximum atomic E-state index is 12.9. The summed E-state index contributed by atoms with van der Waals surface area (Å²) < 4.78 is 28.2. The summed E-state index contributed by atoms with van der Waals surface area (Å²) in [5, 5.41) is 2.65. The average Bonchev–Trinajstić information content (AvgIpc) is 2.70. The first-order chi connectivity index (χ1) is 14.2. The molecule has 0 fully saturated rings. The summed E-state index contributed by atoms with van der Waals surface area (Å²) in [5.74, 6) is -0.659. The van der Waals surface area contributed by atoms with Crippen molar-refractivity contribution in [2.75, 3.05) is 10.0 Å². The molecular formula is C22H19ClN2O4S. The molecule has 0 aliphatic carbocycles. The number of carbonyl (C=O) groups is 2. The second-order valence-corrected chi connectivity index (χ2v) is 8.71. The molecule has 0 radical (unpaired) electrons. The quantitative estimate of drug-likeness (QED) is 0.531. The van der Waals surface area contributed by atoms with Crippen molar-refractivity contribution in [1.82, 2.24) is 0 Å². The van der Waals surface area contributed by atoms with E-state index in [0.29, 0.717) is 16.9 Å². The third-order valence-electron chi connectivity index (χ3n) is 4.40. The van der Waals surface area contributed by atoms with Crippen molar-refractivity contribution < 1.29 is 18.0 Å². The predicted octanol–water partition coefficient (Wildman–Crippen LogP) is 4.90. The number of hydrogen-bond donors (Lipinski definition) is 2. The zero-order valence-electron chi connectivity index (χ0n) is 16.3. The van der Waals surface area contributed by atoms with Crippen LogP contribution in [0.25, 0.3) is 0 Å². The van der Waals surface area contributed by atoms with E-state index < -0.39 is 15.9 Å². The number of carbonyl (C=O) groups excluding carboxylic acids is 2. The van der Waals surface area contributed by atoms with Crippen molar-refractivity contribution >= 4 is 44.7 Å². The molecule has 0 aliphatic heterocycles. The fourth-order valence-electron chi connectivity index (χ4n) is 2.76. The lowest BCUT2D eigenvalue weighted by Crippen LogP contribution is -2.17. The van der Waals surface area contributed by atoms with Crippen molar-refractivity contribution in [3.8, 4) is 0 Å². The molecule has 0 atom stereocenters. The van der Waals surface area contributed by atoms with Crippen LogP contribution in [0.1, 0.15) is 33.2 Å². The van der Waals surface area contributed by atoms with Crippen LogP contribution in [0.5, 0.6) is 0 Å². The number of nitrogens with one attached hydrogen (secondary N) is 2. The van der Waals surface area contributed by atoms with Gasteiger partial charge in [0.25, 0.3) is 15.9 Å². The SMILES string of the molecule is CC(=O)c1cccc(NC(=O)c2ccc(Cl)c(S(=O)(=O)Nc3ccccc3C)c2)c1. The third-order valence-corrected chi connectivity index (χ3v) is 6.25. The van der Waals surface area contributed by atoms with E-state index in [1.165, 1.54) is 25.1 Å². The largest absolute Gasteiger partial charge is 0.322 e. The number of sulfonamides is 1. The number of hydrogen-bond acceptors (Lipinski definition) is 4. The molecule has 0 aliphatic rings. The highest BCUT2D eigenvalue weighted by Crippen LogP contribution is 2.26. The zero-order chi connectivity index (χ0) is 21.9. The van der Waals surface area contributed by atoms with Gasteiger partial charge in [-0.15, -0.1) is 0 Å². The lowest BCUT2D eigenvalue weighted by molar-refractivity contribution is 0.101. The van der Waals surface area contributed by atoms with Gasteiger partial charge in [0, 0.05) is 16.8 Å². The number of para-hydroxylation sites is 1. The normalized spacial score (nSPS) is 11.0. The molecule has 0 aromatic heterocycles. The van der Waals surface area contributed by atoms with Gasteiger partial charge in [0.15, 0.2) is 5.78 Å². The van der Waals surface area contributed by atoms with Crippen LogP contribution in [0.3, 0.4) is 0 Å². The summed E-state index contributed by atoms with van der Waals surface area (Å²) in [5.41, 5.74) is 2.15. The lowest BCUT2D eigenvalue weighted by Gasteiger charge is -2.13. The smallest absolute Gasteiger partial charge is 0.263 e. The molecule has 3 aromatic rings. The van der Waals surface area contributed by atoms with Gasteiger partial charge < -0.3 is 5.32 Å². The van der Waals surface area contributed by atoms with Crippen LogP contribution in [0, 0.1) is 6.92 Å². The molecule has 2 N–H and O–H groups in total. The lowest BCUT2D eigenvalue weighted by atomic mass is 10.1. The standard InChI is InChI=1S/C22H19ClN2O4S/c1-14-6-3-4-9-20(14)25-30(28,29)21-13-17(10-11-19(21)23)22(27)24-18-8-5-7-16(12-18)15(2)26/h3-13,25H,1-2H3,(H,24,27). The highest BCUT2D eigenvalue weighted by atomic mass is 35.5. The van der Waals surface area contributed by atoms with Gasteiger partial charge in [0.2, 0.25) is 0 Å². The number of rotatable bonds is 6. The molecule has 8 heteroatoms. The Morgan fingerprint density at radius 3 is 2.33 bits per heavy atom. The molecular weight excluding hydrogens is 424 g/mol. The second kappa shape index (κ2) is 8.69. The van der Waals surface area contributed by atoms with Crippen molar-refractivity contribution in [3.63, 3.8) is 0 Å². The van der Waals surface area contributed by atoms with Gasteiger partial charge in [0.05, 0.1) is 10.7 Å². The van der Waals surface area contributed by atoms with Crippen LogP contribution in [-0.4, -0.2) is 20.1 Å². The zero-order valence-corrected chi connectivity index (χ0v) is 17.8. The summed E-state index contributed by atoms with van der Waals surface area (Å²) in [6.45, 7) is 3.21. The van der Waals surface area contributed by atoms with Gasteiger partial charge in [0.1, 0.15) is 4.90 Å². The van der Waals surface area contributed by atoms with Gasteiger partial charge in [-0.05, 0) is 55.8 Å². The molecule has 0 heterocycles. The van der Waals surface area contributed by atoms with Crippen molar-refractivity contribution in [2.45, 2.75) is 18.7 Å². The predicted molar refractivity (Wildman–Crippen MR) is 118 cm³/mol. The van der Waals surface area contributed by atoms with Crippen LogP contribution < -0.4 is 10.0 Å². The molecule has 0 spiro atoms. The van der Waals surface area contributed by atoms with Gasteiger partial charge in [-0.3, -0.25) is 14.3 Å². The molecule has 0 unspecified atom stereocenters. The Labute approximate surface area is 179 Å². The molecule has 154 valence electrons. The van der Waals surface area contributed by atoms with Crippen molar-refractivity contribution in [1.29, 1.82) is 0 Å². The molecule has 0 saturated carbocycles. The number of Topliss-reactive ketones (excluding diaryl/α,β-unsaturated/α-hetero) is 1. The van der Waals surface area contributed by atoms with E-state index in [4.69, 9.17) is 11.6 Å². The van der Waals surface area contributed by atoms with E-state index >= 15 is 0 Å². The molecule has 6 nitrogen and oxygen atoms in total. The Morgan fingerprint density at radius 1 is 0.900 bits per heavy atom. The summed E-state index contributed by atoms with van der Waals surface area (Å²) in [7, 11) is -4.02. The van der Waals surface area contributed by atoms with E-state index in [2.05, 4.69) is 10.0 Å². The first kappa shape index (κ1) is 21.5. The fourth-order valence-corrected chi connectivity index (χ4v) is 4.41. The Kier molecular flexibility index (Phi) is 6.24. The van der Waals surface area contributed by atoms with E-state index in [9.17, 15) is 18.0 Å². The molecule has 1 amide bonds. The van der Waals surface area contributed by atoms with Crippen molar-refractivity contribution in [3.05, 3.63) is 88.4 Å². The number of anilines is 2. The summed E-state index contributed by atoms with van der Waals surface area (Å²) >= 11 is 6.12. The highest BCUT2D eigenvalue weighted by Gasteiger charge is 2.21. The van der Waals surface area contributed by atoms with E-state index in [1.807, 2.05) is 0 Å². The van der Waals surface area contributed by atoms with Crippen LogP contribution in [-0.2, 0) is 10.0 Å². The minimum Gasteiger partial charge on any atom is -0.322 e. The minimum atomic E-state index is -4.02. The Hall–Kier alpha value is -3.16. The van der Waals surface area contributed by atoms with E-state index in [1.54, 1.807) is 55.5 Å². The Morgan fingerprint density at radius 2 is 1.63 bits per heavy atom. The van der Waals surface area contributed by atoms with Gasteiger partial charge in [-0.1, -0.05) is 41.9 Å². The maximum absolute atomic E-state index is 12.9. The maximum Gasteiger partial charge on any atom is 0.263 e. The first-order valence-electron chi connectivity index (χ1n) is 8.98. The van der Waals surface area contributed by atoms with Crippen molar-refractivity contribution in [2.24, 2.45) is 0 Å². The molecule has 0 saturated heterocycles. The molecule has 3 aromatic carbocycles.